The number of pyridine rings is 1. The highest BCUT2D eigenvalue weighted by atomic mass is 32.1. The lowest BCUT2D eigenvalue weighted by Crippen LogP contribution is -2.50. The molecule has 15 heteroatoms. The first-order valence-electron chi connectivity index (χ1n) is 11.5. The molecule has 0 radical (unpaired) electrons. The molecule has 1 fully saturated rings. The number of nitrogens with zero attached hydrogens (tertiary/aromatic N) is 5. The van der Waals surface area contributed by atoms with Crippen molar-refractivity contribution in [3.63, 3.8) is 0 Å². The van der Waals surface area contributed by atoms with Crippen LogP contribution in [0.1, 0.15) is 36.3 Å². The van der Waals surface area contributed by atoms with Gasteiger partial charge in [0.05, 0.1) is 18.0 Å². The predicted molar refractivity (Wildman–Crippen MR) is 132 cm³/mol. The Morgan fingerprint density at radius 2 is 2.22 bits per heavy atom. The molecule has 5 rings (SSSR count). The van der Waals surface area contributed by atoms with Crippen LogP contribution in [0.15, 0.2) is 48.4 Å². The number of amides is 1. The molecule has 1 aliphatic carbocycles. The van der Waals surface area contributed by atoms with Gasteiger partial charge in [0.15, 0.2) is 18.5 Å². The fourth-order valence-corrected chi connectivity index (χ4v) is 4.98. The number of nitrogens with one attached hydrogen (secondary N) is 2. The number of thiazole rings is 1. The van der Waals surface area contributed by atoms with Crippen molar-refractivity contribution in [2.45, 2.75) is 38.6 Å². The molecule has 13 nitrogen and oxygen atoms in total. The van der Waals surface area contributed by atoms with Crippen LogP contribution in [-0.2, 0) is 20.6 Å². The van der Waals surface area contributed by atoms with E-state index in [0.717, 1.165) is 12.8 Å². The van der Waals surface area contributed by atoms with Crippen molar-refractivity contribution in [1.82, 2.24) is 24.8 Å². The lowest BCUT2D eigenvalue weighted by Gasteiger charge is -2.29. The number of rotatable bonds is 10. The van der Waals surface area contributed by atoms with Crippen LogP contribution in [0.3, 0.4) is 0 Å². The van der Waals surface area contributed by atoms with E-state index in [2.05, 4.69) is 30.0 Å². The second-order valence-corrected chi connectivity index (χ2v) is 10.5. The maximum atomic E-state index is 13.1. The smallest absolute Gasteiger partial charge is 0.378 e. The number of ether oxygens (including phenoxy) is 1. The van der Waals surface area contributed by atoms with Gasteiger partial charge >= 0.3 is 7.82 Å². The summed E-state index contributed by atoms with van der Waals surface area (Å²) in [5, 5.41) is 12.5. The Kier molecular flexibility index (Phi) is 7.29. The number of aromatic amines is 1. The summed E-state index contributed by atoms with van der Waals surface area (Å²) in [7, 11) is -4.61. The van der Waals surface area contributed by atoms with Gasteiger partial charge in [-0.15, -0.1) is 16.0 Å². The van der Waals surface area contributed by atoms with E-state index in [0.29, 0.717) is 34.3 Å². The number of aromatic nitrogens is 6. The maximum Gasteiger partial charge on any atom is 0.471 e. The summed E-state index contributed by atoms with van der Waals surface area (Å²) < 4.78 is 24.2. The number of phosphoric ester groups is 1. The predicted octanol–water partition coefficient (Wildman–Crippen LogP) is 2.74. The van der Waals surface area contributed by atoms with Crippen LogP contribution in [0.5, 0.6) is 0 Å². The number of phosphoric acid groups is 1. The quantitative estimate of drug-likeness (QED) is 0.173. The Morgan fingerprint density at radius 3 is 2.95 bits per heavy atom. The minimum atomic E-state index is -4.61. The van der Waals surface area contributed by atoms with Gasteiger partial charge in [-0.3, -0.25) is 14.3 Å². The summed E-state index contributed by atoms with van der Waals surface area (Å²) in [6.45, 7) is 2.25. The number of H-pyrrole nitrogens is 1. The number of carbonyl (C=O) groups excluding carboxylic acids is 1. The minimum Gasteiger partial charge on any atom is -0.378 e. The van der Waals surface area contributed by atoms with Crippen molar-refractivity contribution in [1.29, 1.82) is 0 Å². The van der Waals surface area contributed by atoms with Crippen molar-refractivity contribution in [2.75, 3.05) is 11.9 Å². The van der Waals surface area contributed by atoms with Crippen molar-refractivity contribution >= 4 is 30.8 Å². The monoisotopic (exact) mass is 546 g/mol. The lowest BCUT2D eigenvalue weighted by atomic mass is 9.89. The molecule has 0 atom stereocenters. The topological polar surface area (TPSA) is 168 Å². The summed E-state index contributed by atoms with van der Waals surface area (Å²) in [6, 6.07) is 5.81. The van der Waals surface area contributed by atoms with Crippen LogP contribution in [-0.4, -0.2) is 53.3 Å². The fourth-order valence-electron chi connectivity index (χ4n) is 3.94. The zero-order valence-corrected chi connectivity index (χ0v) is 21.4. The van der Waals surface area contributed by atoms with Crippen molar-refractivity contribution in [2.24, 2.45) is 0 Å². The molecule has 4 N–H and O–H groups in total. The SMILES string of the molecule is CCOC1CC([n+]2cc(NC(=O)c3csc(-c4cnn(COP(=O)(O)O)c4)n3)c(-c3ccccn3)[nH]2)C1. The molecule has 0 aromatic carbocycles. The molecule has 0 bridgehead atoms. The first-order chi connectivity index (χ1) is 17.8. The average molecular weight is 547 g/mol. The molecular weight excluding hydrogens is 521 g/mol. The molecule has 4 heterocycles. The molecule has 4 aromatic rings. The standard InChI is InChI=1S/C22H24N7O6PS/c1-2-34-16-7-15(8-16)29-11-18(20(27-29)17-5-3-4-6-23-17)25-21(30)19-12-37-22(26-19)14-9-24-28(10-14)13-35-36(31,32)33/h3-6,9-12,15-16H,2,7-8,13H2,1H3,(H3,25,30,31,32,33)/p+1. The zero-order valence-electron chi connectivity index (χ0n) is 19.7. The number of anilines is 1. The normalized spacial score (nSPS) is 17.5. The largest absolute Gasteiger partial charge is 0.471 e. The summed E-state index contributed by atoms with van der Waals surface area (Å²) in [5.74, 6) is -0.385. The van der Waals surface area contributed by atoms with Gasteiger partial charge in [-0.2, -0.15) is 10.2 Å². The van der Waals surface area contributed by atoms with E-state index < -0.39 is 14.6 Å². The summed E-state index contributed by atoms with van der Waals surface area (Å²) >= 11 is 1.25. The zero-order chi connectivity index (χ0) is 26.0. The van der Waals surface area contributed by atoms with Gasteiger partial charge < -0.3 is 19.8 Å². The molecule has 1 aliphatic rings. The molecule has 0 aliphatic heterocycles. The van der Waals surface area contributed by atoms with Gasteiger partial charge in [-0.1, -0.05) is 6.07 Å². The average Bonchev–Trinajstić information content (AvgIpc) is 3.59. The molecule has 0 spiro atoms. The highest BCUT2D eigenvalue weighted by Crippen LogP contribution is 2.36. The first-order valence-corrected chi connectivity index (χ1v) is 13.9. The molecule has 1 saturated carbocycles. The third-order valence-corrected chi connectivity index (χ3v) is 7.13. The molecule has 4 aromatic heterocycles. The van der Waals surface area contributed by atoms with Crippen LogP contribution in [0, 0.1) is 0 Å². The van der Waals surface area contributed by atoms with E-state index in [-0.39, 0.29) is 23.7 Å². The maximum absolute atomic E-state index is 13.1. The second-order valence-electron chi connectivity index (χ2n) is 8.36. The number of carbonyl (C=O) groups is 1. The molecular formula is C22H25N7O6PS+. The molecule has 194 valence electrons. The van der Waals surface area contributed by atoms with Gasteiger partial charge in [0.25, 0.3) is 5.91 Å². The van der Waals surface area contributed by atoms with Crippen LogP contribution < -0.4 is 10.00 Å². The van der Waals surface area contributed by atoms with E-state index in [4.69, 9.17) is 14.5 Å². The van der Waals surface area contributed by atoms with Crippen molar-refractivity contribution < 1.29 is 33.1 Å². The van der Waals surface area contributed by atoms with Crippen LogP contribution >= 0.6 is 19.2 Å². The Hall–Kier alpha value is -3.26. The highest BCUT2D eigenvalue weighted by molar-refractivity contribution is 7.46. The molecule has 37 heavy (non-hydrogen) atoms. The van der Waals surface area contributed by atoms with Gasteiger partial charge in [0, 0.05) is 42.8 Å². The Morgan fingerprint density at radius 1 is 1.38 bits per heavy atom. The van der Waals surface area contributed by atoms with E-state index in [9.17, 15) is 9.36 Å². The first kappa shape index (κ1) is 25.4. The van der Waals surface area contributed by atoms with E-state index in [1.807, 2.05) is 36.0 Å². The second kappa shape index (κ2) is 10.6. The van der Waals surface area contributed by atoms with Crippen molar-refractivity contribution in [3.8, 4) is 22.0 Å². The third kappa shape index (κ3) is 6.01. The Balaban J connectivity index is 1.32. The molecule has 0 saturated heterocycles. The van der Waals surface area contributed by atoms with E-state index in [1.54, 1.807) is 11.6 Å². The highest BCUT2D eigenvalue weighted by Gasteiger charge is 2.39. The van der Waals surface area contributed by atoms with Gasteiger partial charge in [0.2, 0.25) is 6.20 Å². The number of hydrogen-bond acceptors (Lipinski definition) is 8. The van der Waals surface area contributed by atoms with Crippen molar-refractivity contribution in [3.05, 3.63) is 54.1 Å². The van der Waals surface area contributed by atoms with E-state index in [1.165, 1.54) is 28.4 Å². The van der Waals surface area contributed by atoms with Gasteiger partial charge in [-0.25, -0.2) is 14.2 Å². The molecule has 0 unspecified atom stereocenters. The Labute approximate surface area is 215 Å². The van der Waals surface area contributed by atoms with Crippen LogP contribution in [0.25, 0.3) is 22.0 Å². The Bertz CT molecular complexity index is 1430. The van der Waals surface area contributed by atoms with Gasteiger partial charge in [-0.05, 0) is 19.1 Å². The third-order valence-electron chi connectivity index (χ3n) is 5.79. The minimum absolute atomic E-state index is 0.221. The van der Waals surface area contributed by atoms with Crippen LogP contribution in [0.4, 0.5) is 5.69 Å². The molecule has 1 amide bonds. The lowest BCUT2D eigenvalue weighted by molar-refractivity contribution is -0.784. The van der Waals surface area contributed by atoms with E-state index >= 15 is 0 Å². The fraction of sp³-hybridized carbons (Fsp3) is 0.318. The summed E-state index contributed by atoms with van der Waals surface area (Å²) in [5.41, 5.74) is 2.78. The summed E-state index contributed by atoms with van der Waals surface area (Å²) in [6.07, 6.45) is 8.58. The number of hydrogen-bond donors (Lipinski definition) is 4. The van der Waals surface area contributed by atoms with Gasteiger partial charge in [0.1, 0.15) is 16.4 Å². The van der Waals surface area contributed by atoms with Crippen LogP contribution in [0.2, 0.25) is 0 Å². The summed E-state index contributed by atoms with van der Waals surface area (Å²) in [4.78, 5) is 39.6.